The van der Waals surface area contributed by atoms with Gasteiger partial charge in [0.05, 0.1) is 11.3 Å². The van der Waals surface area contributed by atoms with Gasteiger partial charge < -0.3 is 5.11 Å². The first kappa shape index (κ1) is 16.5. The normalized spacial score (nSPS) is 15.9. The van der Waals surface area contributed by atoms with Gasteiger partial charge in [-0.1, -0.05) is 33.1 Å². The van der Waals surface area contributed by atoms with Crippen LogP contribution in [-0.4, -0.2) is 36.0 Å². The van der Waals surface area contributed by atoms with E-state index in [9.17, 15) is 5.11 Å². The Balaban J connectivity index is 2.68. The number of fused-ring (bicyclic) bond motifs is 1. The Morgan fingerprint density at radius 2 is 1.86 bits per heavy atom. The van der Waals surface area contributed by atoms with Crippen LogP contribution in [0.5, 0.6) is 0 Å². The molecule has 0 fully saturated rings. The quantitative estimate of drug-likeness (QED) is 0.843. The summed E-state index contributed by atoms with van der Waals surface area (Å²) in [6, 6.07) is 4.33. The number of nitrogens with zero attached hydrogens (tertiary/aromatic N) is 1. The molecule has 1 aliphatic rings. The van der Waals surface area contributed by atoms with E-state index in [0.29, 0.717) is 5.92 Å². The highest BCUT2D eigenvalue weighted by Gasteiger charge is 2.28. The minimum absolute atomic E-state index is 0.506. The van der Waals surface area contributed by atoms with Crippen LogP contribution in [0.4, 0.5) is 5.69 Å². The number of aliphatic imine (C=N–C) groups is 1. The average Bonchev–Trinajstić information content (AvgIpc) is 2.34. The second-order valence-electron chi connectivity index (χ2n) is 7.46. The van der Waals surface area contributed by atoms with E-state index >= 15 is 0 Å². The fourth-order valence-corrected chi connectivity index (χ4v) is 5.05. The van der Waals surface area contributed by atoms with Gasteiger partial charge in [0.15, 0.2) is 0 Å². The van der Waals surface area contributed by atoms with Gasteiger partial charge in [-0.05, 0) is 68.4 Å². The molecule has 0 spiro atoms. The highest BCUT2D eigenvalue weighted by atomic mass is 31.2. The third-order valence-corrected chi connectivity index (χ3v) is 5.83. The molecule has 1 aliphatic heterocycles. The third kappa shape index (κ3) is 3.33. The predicted molar refractivity (Wildman–Crippen MR) is 97.8 cm³/mol. The lowest BCUT2D eigenvalue weighted by Crippen LogP contribution is -2.33. The van der Waals surface area contributed by atoms with Crippen molar-refractivity contribution in [3.63, 3.8) is 0 Å². The summed E-state index contributed by atoms with van der Waals surface area (Å²) in [5.74, 6) is 0.506. The van der Waals surface area contributed by atoms with E-state index in [0.717, 1.165) is 24.2 Å². The molecule has 0 atom stereocenters. The van der Waals surface area contributed by atoms with Gasteiger partial charge in [0, 0.05) is 5.71 Å². The van der Waals surface area contributed by atoms with Gasteiger partial charge in [-0.2, -0.15) is 0 Å². The first-order valence-electron chi connectivity index (χ1n) is 7.67. The zero-order valence-electron chi connectivity index (χ0n) is 14.2. The van der Waals surface area contributed by atoms with Crippen LogP contribution >= 0.6 is 6.89 Å². The van der Waals surface area contributed by atoms with Crippen molar-refractivity contribution in [3.8, 4) is 0 Å². The molecule has 0 unspecified atom stereocenters. The zero-order chi connectivity index (χ0) is 16.0. The molecule has 0 radical (unpaired) electrons. The van der Waals surface area contributed by atoms with Crippen LogP contribution in [0.3, 0.4) is 0 Å². The lowest BCUT2D eigenvalue weighted by atomic mass is 9.90. The van der Waals surface area contributed by atoms with Gasteiger partial charge >= 0.3 is 0 Å². The van der Waals surface area contributed by atoms with Crippen LogP contribution < -0.4 is 5.30 Å². The van der Waals surface area contributed by atoms with Gasteiger partial charge in [-0.15, -0.1) is 0 Å². The molecule has 1 N–H and O–H groups in total. The fourth-order valence-electron chi connectivity index (χ4n) is 3.06. The van der Waals surface area contributed by atoms with Gasteiger partial charge in [0.1, 0.15) is 0 Å². The maximum atomic E-state index is 10.2. The number of hydrogen-bond acceptors (Lipinski definition) is 2. The molecule has 1 aromatic rings. The first-order valence-corrected chi connectivity index (χ1v) is 10.5. The Morgan fingerprint density at radius 3 is 2.33 bits per heavy atom. The minimum Gasteiger partial charge on any atom is -0.384 e. The van der Waals surface area contributed by atoms with E-state index in [1.165, 1.54) is 16.4 Å². The molecule has 0 saturated heterocycles. The van der Waals surface area contributed by atoms with Crippen LogP contribution in [0.15, 0.2) is 17.1 Å². The molecular formula is C18H28NOP. The molecule has 0 aliphatic carbocycles. The molecule has 1 heterocycles. The van der Waals surface area contributed by atoms with Gasteiger partial charge in [0.2, 0.25) is 0 Å². The van der Waals surface area contributed by atoms with E-state index in [-0.39, 0.29) is 0 Å². The van der Waals surface area contributed by atoms with Crippen molar-refractivity contribution in [2.75, 3.05) is 13.3 Å². The molecule has 0 bridgehead atoms. The Hall–Kier alpha value is -0.850. The Morgan fingerprint density at radius 1 is 1.24 bits per heavy atom. The monoisotopic (exact) mass is 305 g/mol. The highest BCUT2D eigenvalue weighted by molar-refractivity contribution is 7.79. The Kier molecular flexibility index (Phi) is 4.26. The van der Waals surface area contributed by atoms with Crippen molar-refractivity contribution < 1.29 is 5.11 Å². The van der Waals surface area contributed by atoms with Crippen molar-refractivity contribution >= 4 is 29.9 Å². The molecule has 0 saturated carbocycles. The summed E-state index contributed by atoms with van der Waals surface area (Å²) in [6.45, 7) is 11.3. The third-order valence-electron chi connectivity index (χ3n) is 4.09. The number of hydrogen-bond donors (Lipinski definition) is 1. The van der Waals surface area contributed by atoms with Crippen LogP contribution in [-0.2, 0) is 6.42 Å². The topological polar surface area (TPSA) is 32.6 Å². The maximum absolute atomic E-state index is 10.2. The van der Waals surface area contributed by atoms with Gasteiger partial charge in [0.25, 0.3) is 0 Å². The Labute approximate surface area is 129 Å². The number of rotatable bonds is 3. The summed E-state index contributed by atoms with van der Waals surface area (Å²) in [5.41, 5.74) is 3.88. The molecule has 3 heteroatoms. The van der Waals surface area contributed by atoms with Crippen LogP contribution in [0.25, 0.3) is 0 Å². The first-order chi connectivity index (χ1) is 9.51. The minimum atomic E-state index is -1.36. The molecule has 2 nitrogen and oxygen atoms in total. The standard InChI is InChI=1S/C18H28NOP/c1-12(2)13-8-10-15-14(17(13)21(5,6)7)9-11-16(19-15)18(3,4)20/h8,10,12,20H,5,9,11H2,1-4,6-7H3. The van der Waals surface area contributed by atoms with E-state index in [2.05, 4.69) is 45.6 Å². The summed E-state index contributed by atoms with van der Waals surface area (Å²) in [7, 11) is 0. The molecule has 0 amide bonds. The fraction of sp³-hybridized carbons (Fsp3) is 0.556. The summed E-state index contributed by atoms with van der Waals surface area (Å²) >= 11 is 0. The van der Waals surface area contributed by atoms with E-state index < -0.39 is 12.5 Å². The summed E-state index contributed by atoms with van der Waals surface area (Å²) in [6.07, 6.45) is 6.28. The zero-order valence-corrected chi connectivity index (χ0v) is 15.1. The van der Waals surface area contributed by atoms with Gasteiger partial charge in [-0.25, -0.2) is 0 Å². The molecule has 1 aromatic carbocycles. The van der Waals surface area contributed by atoms with Crippen LogP contribution in [0.1, 0.15) is 51.2 Å². The predicted octanol–water partition coefficient (Wildman–Crippen LogP) is 3.93. The summed E-state index contributed by atoms with van der Waals surface area (Å²) in [4.78, 5) is 4.75. The van der Waals surface area contributed by atoms with Crippen molar-refractivity contribution in [2.24, 2.45) is 4.99 Å². The molecule has 0 aromatic heterocycles. The van der Waals surface area contributed by atoms with E-state index in [1.54, 1.807) is 0 Å². The smallest absolute Gasteiger partial charge is 0.0971 e. The maximum Gasteiger partial charge on any atom is 0.0971 e. The van der Waals surface area contributed by atoms with Crippen LogP contribution in [0.2, 0.25) is 0 Å². The molecular weight excluding hydrogens is 277 g/mol. The molecule has 116 valence electrons. The number of benzene rings is 1. The van der Waals surface area contributed by atoms with E-state index in [1.807, 2.05) is 13.8 Å². The Bertz CT molecular complexity index is 629. The average molecular weight is 305 g/mol. The van der Waals surface area contributed by atoms with Crippen LogP contribution in [0, 0.1) is 0 Å². The van der Waals surface area contributed by atoms with Crippen molar-refractivity contribution in [1.29, 1.82) is 0 Å². The lowest BCUT2D eigenvalue weighted by Gasteiger charge is -2.30. The second-order valence-corrected chi connectivity index (χ2v) is 11.3. The van der Waals surface area contributed by atoms with Crippen molar-refractivity contribution in [1.82, 2.24) is 0 Å². The number of aliphatic hydroxyl groups is 1. The van der Waals surface area contributed by atoms with E-state index in [4.69, 9.17) is 4.99 Å². The molecule has 21 heavy (non-hydrogen) atoms. The van der Waals surface area contributed by atoms with Gasteiger partial charge in [-0.3, -0.25) is 4.99 Å². The highest BCUT2D eigenvalue weighted by Crippen LogP contribution is 2.43. The second kappa shape index (κ2) is 5.41. The summed E-state index contributed by atoms with van der Waals surface area (Å²) in [5, 5.41) is 11.7. The summed E-state index contributed by atoms with van der Waals surface area (Å²) < 4.78 is 0. The molecule has 2 rings (SSSR count). The van der Waals surface area contributed by atoms with Crippen molar-refractivity contribution in [3.05, 3.63) is 23.3 Å². The van der Waals surface area contributed by atoms with Crippen molar-refractivity contribution in [2.45, 2.75) is 52.1 Å². The SMILES string of the molecule is C=P(C)(C)c1c(C(C)C)ccc2c1CCC(C(C)(C)O)=N2. The lowest BCUT2D eigenvalue weighted by molar-refractivity contribution is 0.151. The largest absolute Gasteiger partial charge is 0.384 e.